The van der Waals surface area contributed by atoms with Gasteiger partial charge in [0.1, 0.15) is 6.20 Å². The van der Waals surface area contributed by atoms with Crippen LogP contribution in [0.15, 0.2) is 29.2 Å². The fraction of sp³-hybridized carbons (Fsp3) is 0. The van der Waals surface area contributed by atoms with Crippen molar-refractivity contribution in [2.24, 2.45) is 0 Å². The third-order valence-corrected chi connectivity index (χ3v) is 2.06. The van der Waals surface area contributed by atoms with Crippen LogP contribution in [-0.4, -0.2) is 25.1 Å². The van der Waals surface area contributed by atoms with Crippen molar-refractivity contribution in [1.29, 1.82) is 0 Å². The largest absolute Gasteiger partial charge is 0.398 e. The molecule has 0 spiro atoms. The summed E-state index contributed by atoms with van der Waals surface area (Å²) in [5.41, 5.74) is 7.01. The summed E-state index contributed by atoms with van der Waals surface area (Å²) in [7, 11) is 0. The van der Waals surface area contributed by atoms with Gasteiger partial charge in [0, 0.05) is 17.2 Å². The summed E-state index contributed by atoms with van der Waals surface area (Å²) in [5.74, 6) is 0.406. The van der Waals surface area contributed by atoms with Crippen molar-refractivity contribution in [1.82, 2.24) is 25.1 Å². The number of pyridine rings is 1. The highest BCUT2D eigenvalue weighted by atomic mass is 16.5. The van der Waals surface area contributed by atoms with Gasteiger partial charge in [0.25, 0.3) is 5.88 Å². The lowest BCUT2D eigenvalue weighted by atomic mass is 10.3. The first-order chi connectivity index (χ1) is 7.36. The van der Waals surface area contributed by atoms with Gasteiger partial charge in [-0.1, -0.05) is 0 Å². The summed E-state index contributed by atoms with van der Waals surface area (Å²) in [6.07, 6.45) is 4.69. The molecule has 0 aliphatic heterocycles. The SMILES string of the molecule is Nc1ccnc2c1cnn2-c1cnno1. The maximum Gasteiger partial charge on any atom is 0.274 e. The lowest BCUT2D eigenvalue weighted by molar-refractivity contribution is 0.377. The van der Waals surface area contributed by atoms with Crippen LogP contribution in [0, 0.1) is 0 Å². The van der Waals surface area contributed by atoms with Crippen molar-refractivity contribution in [3.8, 4) is 5.88 Å². The van der Waals surface area contributed by atoms with E-state index >= 15 is 0 Å². The van der Waals surface area contributed by atoms with Crippen LogP contribution >= 0.6 is 0 Å². The van der Waals surface area contributed by atoms with E-state index in [9.17, 15) is 0 Å². The topological polar surface area (TPSA) is 95.7 Å². The molecule has 0 saturated carbocycles. The van der Waals surface area contributed by atoms with Crippen LogP contribution < -0.4 is 5.73 Å². The van der Waals surface area contributed by atoms with E-state index in [1.165, 1.54) is 10.9 Å². The fourth-order valence-electron chi connectivity index (χ4n) is 1.36. The van der Waals surface area contributed by atoms with Gasteiger partial charge in [-0.15, -0.1) is 5.10 Å². The highest BCUT2D eigenvalue weighted by Crippen LogP contribution is 2.19. The molecule has 15 heavy (non-hydrogen) atoms. The molecule has 0 unspecified atom stereocenters. The van der Waals surface area contributed by atoms with Crippen molar-refractivity contribution in [2.75, 3.05) is 5.73 Å². The van der Waals surface area contributed by atoms with Gasteiger partial charge >= 0.3 is 0 Å². The van der Waals surface area contributed by atoms with Gasteiger partial charge in [0.05, 0.1) is 11.6 Å². The van der Waals surface area contributed by atoms with Gasteiger partial charge in [-0.05, 0) is 6.07 Å². The standard InChI is InChI=1S/C8H6N6O/c9-6-1-2-10-8-5(6)3-12-14(8)7-4-11-13-15-7/h1-4H,(H2,9,10). The number of hydrogen-bond donors (Lipinski definition) is 1. The van der Waals surface area contributed by atoms with Crippen molar-refractivity contribution in [2.45, 2.75) is 0 Å². The maximum atomic E-state index is 5.77. The van der Waals surface area contributed by atoms with E-state index in [2.05, 4.69) is 20.5 Å². The Morgan fingerprint density at radius 3 is 3.07 bits per heavy atom. The van der Waals surface area contributed by atoms with Crippen LogP contribution in [-0.2, 0) is 0 Å². The Hall–Kier alpha value is -2.44. The van der Waals surface area contributed by atoms with Crippen LogP contribution in [0.25, 0.3) is 16.9 Å². The van der Waals surface area contributed by atoms with E-state index in [4.69, 9.17) is 10.3 Å². The highest BCUT2D eigenvalue weighted by molar-refractivity contribution is 5.87. The van der Waals surface area contributed by atoms with Gasteiger partial charge in [-0.3, -0.25) is 0 Å². The van der Waals surface area contributed by atoms with Gasteiger partial charge in [-0.2, -0.15) is 9.78 Å². The fourth-order valence-corrected chi connectivity index (χ4v) is 1.36. The molecule has 0 bridgehead atoms. The molecule has 7 heteroatoms. The number of fused-ring (bicyclic) bond motifs is 1. The van der Waals surface area contributed by atoms with Gasteiger partial charge in [0.15, 0.2) is 5.65 Å². The minimum atomic E-state index is 0.406. The molecule has 7 nitrogen and oxygen atoms in total. The number of nitrogens with two attached hydrogens (primary N) is 1. The number of nitrogens with zero attached hydrogens (tertiary/aromatic N) is 5. The van der Waals surface area contributed by atoms with Gasteiger partial charge < -0.3 is 10.3 Å². The first-order valence-corrected chi connectivity index (χ1v) is 4.22. The molecule has 74 valence electrons. The molecular weight excluding hydrogens is 196 g/mol. The summed E-state index contributed by atoms with van der Waals surface area (Å²) in [5, 5.41) is 11.8. The molecule has 3 aromatic heterocycles. The van der Waals surface area contributed by atoms with Crippen molar-refractivity contribution in [3.63, 3.8) is 0 Å². The van der Waals surface area contributed by atoms with E-state index in [-0.39, 0.29) is 0 Å². The van der Waals surface area contributed by atoms with Gasteiger partial charge in [0.2, 0.25) is 0 Å². The zero-order chi connectivity index (χ0) is 10.3. The Labute approximate surface area is 83.5 Å². The Bertz CT molecular complexity index is 599. The molecule has 0 amide bonds. The zero-order valence-electron chi connectivity index (χ0n) is 7.53. The quantitative estimate of drug-likeness (QED) is 0.613. The molecule has 0 radical (unpaired) electrons. The molecular formula is C8H6N6O. The number of anilines is 1. The van der Waals surface area contributed by atoms with E-state index in [1.54, 1.807) is 18.5 Å². The molecule has 0 fully saturated rings. The second kappa shape index (κ2) is 2.77. The van der Waals surface area contributed by atoms with E-state index in [0.29, 0.717) is 17.2 Å². The first-order valence-electron chi connectivity index (χ1n) is 4.22. The van der Waals surface area contributed by atoms with Crippen LogP contribution in [0.1, 0.15) is 0 Å². The lowest BCUT2D eigenvalue weighted by Gasteiger charge is -1.96. The summed E-state index contributed by atoms with van der Waals surface area (Å²) in [6.45, 7) is 0. The minimum absolute atomic E-state index is 0.406. The summed E-state index contributed by atoms with van der Waals surface area (Å²) >= 11 is 0. The smallest absolute Gasteiger partial charge is 0.274 e. The Morgan fingerprint density at radius 1 is 1.33 bits per heavy atom. The second-order valence-electron chi connectivity index (χ2n) is 2.95. The molecule has 3 heterocycles. The van der Waals surface area contributed by atoms with Crippen LogP contribution in [0.4, 0.5) is 5.69 Å². The average molecular weight is 202 g/mol. The van der Waals surface area contributed by atoms with Crippen molar-refractivity contribution >= 4 is 16.7 Å². The zero-order valence-corrected chi connectivity index (χ0v) is 7.53. The Morgan fingerprint density at radius 2 is 2.27 bits per heavy atom. The molecule has 0 aliphatic carbocycles. The lowest BCUT2D eigenvalue weighted by Crippen LogP contribution is -1.96. The predicted molar refractivity (Wildman–Crippen MR) is 51.1 cm³/mol. The van der Waals surface area contributed by atoms with Crippen molar-refractivity contribution in [3.05, 3.63) is 24.7 Å². The minimum Gasteiger partial charge on any atom is -0.398 e. The summed E-state index contributed by atoms with van der Waals surface area (Å²) < 4.78 is 6.38. The maximum absolute atomic E-state index is 5.77. The number of rotatable bonds is 1. The highest BCUT2D eigenvalue weighted by Gasteiger charge is 2.10. The third kappa shape index (κ3) is 1.06. The van der Waals surface area contributed by atoms with Crippen LogP contribution in [0.5, 0.6) is 0 Å². The van der Waals surface area contributed by atoms with Crippen molar-refractivity contribution < 1.29 is 4.52 Å². The molecule has 2 N–H and O–H groups in total. The molecule has 0 aromatic carbocycles. The normalized spacial score (nSPS) is 10.9. The van der Waals surface area contributed by atoms with E-state index < -0.39 is 0 Å². The molecule has 0 saturated heterocycles. The molecule has 0 aliphatic rings. The molecule has 3 aromatic rings. The average Bonchev–Trinajstić information content (AvgIpc) is 2.85. The van der Waals surface area contributed by atoms with Gasteiger partial charge in [-0.25, -0.2) is 4.98 Å². The summed E-state index contributed by atoms with van der Waals surface area (Å²) in [4.78, 5) is 4.16. The molecule has 0 atom stereocenters. The van der Waals surface area contributed by atoms with E-state index in [1.807, 2.05) is 0 Å². The monoisotopic (exact) mass is 202 g/mol. The summed E-state index contributed by atoms with van der Waals surface area (Å²) in [6, 6.07) is 1.72. The van der Waals surface area contributed by atoms with E-state index in [0.717, 1.165) is 5.39 Å². The molecule has 3 rings (SSSR count). The number of nitrogen functional groups attached to an aromatic ring is 1. The second-order valence-corrected chi connectivity index (χ2v) is 2.95. The van der Waals surface area contributed by atoms with Crippen LogP contribution in [0.2, 0.25) is 0 Å². The predicted octanol–water partition coefficient (Wildman–Crippen LogP) is 0.386. The number of aromatic nitrogens is 5. The Balaban J connectivity index is 2.34. The number of hydrogen-bond acceptors (Lipinski definition) is 6. The first kappa shape index (κ1) is 7.92. The Kier molecular flexibility index (Phi) is 1.46. The van der Waals surface area contributed by atoms with Crippen LogP contribution in [0.3, 0.4) is 0 Å². The third-order valence-electron chi connectivity index (χ3n) is 2.06.